The van der Waals surface area contributed by atoms with Gasteiger partial charge in [-0.2, -0.15) is 0 Å². The summed E-state index contributed by atoms with van der Waals surface area (Å²) in [5.41, 5.74) is 5.55. The summed E-state index contributed by atoms with van der Waals surface area (Å²) in [6.07, 6.45) is 10.1. The summed E-state index contributed by atoms with van der Waals surface area (Å²) < 4.78 is 26.8. The molecule has 6 rings (SSSR count). The quantitative estimate of drug-likeness (QED) is 0.283. The molecule has 3 aliphatic rings. The maximum atomic E-state index is 15.0. The van der Waals surface area contributed by atoms with E-state index in [9.17, 15) is 9.90 Å². The number of aliphatic carboxylic acids is 1. The number of ether oxygens (including phenoxy) is 2. The number of carboxylic acid groups (broad SMARTS) is 1. The Labute approximate surface area is 256 Å². The number of aromatic nitrogens is 1. The maximum Gasteiger partial charge on any atom is 0.306 e. The van der Waals surface area contributed by atoms with Crippen molar-refractivity contribution in [3.05, 3.63) is 76.7 Å². The third-order valence-electron chi connectivity index (χ3n) is 8.31. The number of nitrogens with zero attached hydrogens (tertiary/aromatic N) is 2. The molecule has 0 amide bonds. The van der Waals surface area contributed by atoms with Gasteiger partial charge >= 0.3 is 5.97 Å². The van der Waals surface area contributed by atoms with Gasteiger partial charge in [-0.25, -0.2) is 9.37 Å². The second-order valence-corrected chi connectivity index (χ2v) is 11.6. The molecule has 1 aliphatic carbocycles. The molecule has 2 aliphatic heterocycles. The van der Waals surface area contributed by atoms with E-state index in [0.29, 0.717) is 17.9 Å². The lowest BCUT2D eigenvalue weighted by atomic mass is 9.89. The highest BCUT2D eigenvalue weighted by Gasteiger charge is 2.27. The SMILES string of the molecule is C1CC1.CC.COc1cc(-c2ccc(C3CCc4ccc(CC(C)C(=O)O)cc4O3)cc2C(C)N2CCCC2)c(F)cn1. The van der Waals surface area contributed by atoms with E-state index in [1.54, 1.807) is 13.0 Å². The Morgan fingerprint density at radius 2 is 1.77 bits per heavy atom. The molecule has 3 atom stereocenters. The first-order chi connectivity index (χ1) is 20.8. The van der Waals surface area contributed by atoms with Gasteiger partial charge in [0.25, 0.3) is 0 Å². The number of hydrogen-bond donors (Lipinski definition) is 1. The number of carboxylic acids is 1. The van der Waals surface area contributed by atoms with Gasteiger partial charge in [0.05, 0.1) is 19.2 Å². The molecule has 3 heterocycles. The number of fused-ring (bicyclic) bond motifs is 1. The average Bonchev–Trinajstić information content (AvgIpc) is 3.83. The Balaban J connectivity index is 0.000000782. The van der Waals surface area contributed by atoms with Crippen LogP contribution in [0.5, 0.6) is 11.6 Å². The maximum absolute atomic E-state index is 15.0. The van der Waals surface area contributed by atoms with Crippen LogP contribution in [0.15, 0.2) is 48.7 Å². The first-order valence-corrected chi connectivity index (χ1v) is 15.9. The van der Waals surface area contributed by atoms with Crippen LogP contribution in [0.2, 0.25) is 0 Å². The second kappa shape index (κ2) is 15.3. The first kappa shape index (κ1) is 32.5. The molecule has 2 aromatic carbocycles. The molecule has 1 saturated heterocycles. The monoisotopic (exact) mass is 590 g/mol. The molecule has 3 unspecified atom stereocenters. The van der Waals surface area contributed by atoms with Gasteiger partial charge in [-0.3, -0.25) is 9.69 Å². The van der Waals surface area contributed by atoms with Crippen LogP contribution in [0.1, 0.15) is 101 Å². The van der Waals surface area contributed by atoms with E-state index in [1.807, 2.05) is 38.1 Å². The number of halogens is 1. The normalized spacial score (nSPS) is 18.5. The fourth-order valence-corrected chi connectivity index (χ4v) is 5.65. The number of aryl methyl sites for hydroxylation is 1. The lowest BCUT2D eigenvalue weighted by Crippen LogP contribution is -2.24. The summed E-state index contributed by atoms with van der Waals surface area (Å²) in [6, 6.07) is 14.0. The highest BCUT2D eigenvalue weighted by molar-refractivity contribution is 5.70. The fourth-order valence-electron chi connectivity index (χ4n) is 5.65. The molecule has 0 spiro atoms. The Bertz CT molecular complexity index is 1370. The molecule has 232 valence electrons. The van der Waals surface area contributed by atoms with Crippen LogP contribution in [0.25, 0.3) is 11.1 Å². The summed E-state index contributed by atoms with van der Waals surface area (Å²) in [7, 11) is 1.53. The molecule has 1 aromatic heterocycles. The van der Waals surface area contributed by atoms with Crippen molar-refractivity contribution in [2.45, 2.75) is 91.2 Å². The lowest BCUT2D eigenvalue weighted by molar-refractivity contribution is -0.141. The van der Waals surface area contributed by atoms with E-state index >= 15 is 4.39 Å². The number of benzene rings is 2. The molecule has 1 saturated carbocycles. The minimum atomic E-state index is -0.801. The van der Waals surface area contributed by atoms with Crippen molar-refractivity contribution in [1.29, 1.82) is 0 Å². The summed E-state index contributed by atoms with van der Waals surface area (Å²) in [5.74, 6) is -0.435. The molecular weight excluding hydrogens is 543 g/mol. The molecule has 1 N–H and O–H groups in total. The van der Waals surface area contributed by atoms with Crippen molar-refractivity contribution < 1.29 is 23.8 Å². The fraction of sp³-hybridized carbons (Fsp3) is 0.500. The highest BCUT2D eigenvalue weighted by Crippen LogP contribution is 2.40. The van der Waals surface area contributed by atoms with E-state index in [-0.39, 0.29) is 18.0 Å². The van der Waals surface area contributed by atoms with Gasteiger partial charge in [0.1, 0.15) is 17.7 Å². The zero-order valence-electron chi connectivity index (χ0n) is 26.4. The number of rotatable bonds is 8. The van der Waals surface area contributed by atoms with Gasteiger partial charge in [-0.05, 0) is 92.1 Å². The molecule has 0 radical (unpaired) electrons. The largest absolute Gasteiger partial charge is 0.485 e. The van der Waals surface area contributed by atoms with Crippen LogP contribution in [0.3, 0.4) is 0 Å². The van der Waals surface area contributed by atoms with Gasteiger partial charge in [0.2, 0.25) is 5.88 Å². The average molecular weight is 591 g/mol. The van der Waals surface area contributed by atoms with E-state index in [2.05, 4.69) is 28.9 Å². The Morgan fingerprint density at radius 1 is 1.05 bits per heavy atom. The lowest BCUT2D eigenvalue weighted by Gasteiger charge is -2.30. The van der Waals surface area contributed by atoms with Crippen LogP contribution >= 0.6 is 0 Å². The minimum Gasteiger partial charge on any atom is -0.485 e. The Morgan fingerprint density at radius 3 is 2.42 bits per heavy atom. The number of methoxy groups -OCH3 is 1. The molecule has 43 heavy (non-hydrogen) atoms. The van der Waals surface area contributed by atoms with Gasteiger partial charge in [-0.15, -0.1) is 0 Å². The number of pyridine rings is 1. The van der Waals surface area contributed by atoms with Crippen LogP contribution in [0, 0.1) is 11.7 Å². The predicted octanol–water partition coefficient (Wildman–Crippen LogP) is 8.58. The zero-order valence-corrected chi connectivity index (χ0v) is 26.4. The number of carbonyl (C=O) groups is 1. The smallest absolute Gasteiger partial charge is 0.306 e. The number of likely N-dealkylation sites (tertiary alicyclic amines) is 1. The van der Waals surface area contributed by atoms with Crippen LogP contribution in [0.4, 0.5) is 4.39 Å². The topological polar surface area (TPSA) is 71.9 Å². The van der Waals surface area contributed by atoms with Crippen LogP contribution in [-0.4, -0.2) is 41.2 Å². The highest BCUT2D eigenvalue weighted by atomic mass is 19.1. The third kappa shape index (κ3) is 8.35. The third-order valence-corrected chi connectivity index (χ3v) is 8.31. The van der Waals surface area contributed by atoms with Crippen molar-refractivity contribution in [3.8, 4) is 22.8 Å². The van der Waals surface area contributed by atoms with Crippen molar-refractivity contribution >= 4 is 5.97 Å². The molecule has 6 nitrogen and oxygen atoms in total. The van der Waals surface area contributed by atoms with Crippen molar-refractivity contribution in [3.63, 3.8) is 0 Å². The van der Waals surface area contributed by atoms with Crippen molar-refractivity contribution in [2.75, 3.05) is 20.2 Å². The summed E-state index contributed by atoms with van der Waals surface area (Å²) in [4.78, 5) is 17.8. The van der Waals surface area contributed by atoms with E-state index in [0.717, 1.165) is 59.5 Å². The van der Waals surface area contributed by atoms with Gasteiger partial charge in [-0.1, -0.05) is 64.3 Å². The Hall–Kier alpha value is -3.45. The standard InChI is InChI=1S/C31H35FN2O4.C3H6.C2H6/c1-19(31(35)36)14-21-6-7-22-9-11-28(38-29(22)15-21)23-8-10-24(26-17-30(37-3)33-18-27(26)32)25(16-23)20(2)34-12-4-5-13-34;1-2-3-1;1-2/h6-8,10,15-20,28H,4-5,9,11-14H2,1-3H3,(H,35,36);1-3H2;1-2H3. The Kier molecular flexibility index (Phi) is 11.6. The van der Waals surface area contributed by atoms with E-state index in [1.165, 1.54) is 45.4 Å². The van der Waals surface area contributed by atoms with E-state index < -0.39 is 11.9 Å². The molecule has 7 heteroatoms. The predicted molar refractivity (Wildman–Crippen MR) is 169 cm³/mol. The molecule has 3 aromatic rings. The van der Waals surface area contributed by atoms with E-state index in [4.69, 9.17) is 9.47 Å². The summed E-state index contributed by atoms with van der Waals surface area (Å²) >= 11 is 0. The van der Waals surface area contributed by atoms with Crippen LogP contribution < -0.4 is 9.47 Å². The van der Waals surface area contributed by atoms with Crippen LogP contribution in [-0.2, 0) is 17.6 Å². The molecule has 2 fully saturated rings. The minimum absolute atomic E-state index is 0.117. The van der Waals surface area contributed by atoms with Gasteiger partial charge in [0, 0.05) is 17.7 Å². The summed E-state index contributed by atoms with van der Waals surface area (Å²) in [5, 5.41) is 9.30. The zero-order chi connectivity index (χ0) is 30.9. The van der Waals surface area contributed by atoms with Gasteiger partial charge < -0.3 is 14.6 Å². The first-order valence-electron chi connectivity index (χ1n) is 15.9. The van der Waals surface area contributed by atoms with Crippen molar-refractivity contribution in [2.24, 2.45) is 5.92 Å². The van der Waals surface area contributed by atoms with Crippen molar-refractivity contribution in [1.82, 2.24) is 9.88 Å². The summed E-state index contributed by atoms with van der Waals surface area (Å²) in [6.45, 7) is 9.96. The molecular formula is C36H47FN2O4. The number of hydrogen-bond acceptors (Lipinski definition) is 5. The van der Waals surface area contributed by atoms with Gasteiger partial charge in [0.15, 0.2) is 0 Å². The second-order valence-electron chi connectivity index (χ2n) is 11.6. The molecule has 0 bridgehead atoms.